The van der Waals surface area contributed by atoms with E-state index in [0.29, 0.717) is 17.0 Å². The average Bonchev–Trinajstić information content (AvgIpc) is 2.16. The van der Waals surface area contributed by atoms with Crippen molar-refractivity contribution < 1.29 is 4.74 Å². The smallest absolute Gasteiger partial charge is 0.214 e. The molecule has 0 radical (unpaired) electrons. The Morgan fingerprint density at radius 2 is 2.07 bits per heavy atom. The molecule has 1 aromatic rings. The van der Waals surface area contributed by atoms with Crippen molar-refractivity contribution in [2.24, 2.45) is 11.7 Å². The molecule has 0 amide bonds. The highest BCUT2D eigenvalue weighted by molar-refractivity contribution is 6.30. The fourth-order valence-corrected chi connectivity index (χ4v) is 1.42. The van der Waals surface area contributed by atoms with Gasteiger partial charge in [-0.25, -0.2) is 4.98 Å². The molecule has 14 heavy (non-hydrogen) atoms. The Morgan fingerprint density at radius 1 is 1.43 bits per heavy atom. The van der Waals surface area contributed by atoms with Crippen LogP contribution in [0.4, 0.5) is 0 Å². The molecule has 1 aromatic heterocycles. The molecule has 78 valence electrons. The molecule has 1 atom stereocenters. The second kappa shape index (κ2) is 4.62. The number of hydrogen-bond acceptors (Lipinski definition) is 3. The molecular formula is C10H15ClN2O. The van der Waals surface area contributed by atoms with Crippen LogP contribution in [0.1, 0.15) is 25.5 Å². The van der Waals surface area contributed by atoms with Crippen molar-refractivity contribution in [3.63, 3.8) is 0 Å². The van der Waals surface area contributed by atoms with Crippen LogP contribution >= 0.6 is 11.6 Å². The van der Waals surface area contributed by atoms with Crippen molar-refractivity contribution in [1.29, 1.82) is 0 Å². The highest BCUT2D eigenvalue weighted by Gasteiger charge is 2.15. The van der Waals surface area contributed by atoms with Gasteiger partial charge in [0.05, 0.1) is 7.11 Å². The Bertz CT molecular complexity index is 315. The van der Waals surface area contributed by atoms with Crippen LogP contribution in [-0.2, 0) is 0 Å². The van der Waals surface area contributed by atoms with E-state index in [2.05, 4.69) is 4.98 Å². The van der Waals surface area contributed by atoms with Crippen LogP contribution in [0.3, 0.4) is 0 Å². The summed E-state index contributed by atoms with van der Waals surface area (Å²) in [5, 5.41) is 0.422. The number of nitrogens with two attached hydrogens (primary N) is 1. The minimum Gasteiger partial charge on any atom is -0.481 e. The topological polar surface area (TPSA) is 48.1 Å². The summed E-state index contributed by atoms with van der Waals surface area (Å²) in [5.41, 5.74) is 6.83. The Labute approximate surface area is 89.2 Å². The van der Waals surface area contributed by atoms with E-state index >= 15 is 0 Å². The highest BCUT2D eigenvalue weighted by Crippen LogP contribution is 2.26. The summed E-state index contributed by atoms with van der Waals surface area (Å²) in [5.74, 6) is 0.845. The van der Waals surface area contributed by atoms with Crippen molar-refractivity contribution in [3.8, 4) is 5.88 Å². The van der Waals surface area contributed by atoms with Crippen LogP contribution in [0.15, 0.2) is 12.1 Å². The van der Waals surface area contributed by atoms with Gasteiger partial charge >= 0.3 is 0 Å². The van der Waals surface area contributed by atoms with Crippen LogP contribution in [0.25, 0.3) is 0 Å². The van der Waals surface area contributed by atoms with Crippen LogP contribution in [0.5, 0.6) is 5.88 Å². The monoisotopic (exact) mass is 214 g/mol. The molecule has 0 fully saturated rings. The molecule has 4 heteroatoms. The maximum Gasteiger partial charge on any atom is 0.214 e. The number of methoxy groups -OCH3 is 1. The molecule has 0 saturated heterocycles. The van der Waals surface area contributed by atoms with Gasteiger partial charge in [-0.05, 0) is 12.0 Å². The third kappa shape index (κ3) is 2.36. The average molecular weight is 215 g/mol. The fourth-order valence-electron chi connectivity index (χ4n) is 1.15. The van der Waals surface area contributed by atoms with Crippen molar-refractivity contribution >= 4 is 11.6 Å². The maximum absolute atomic E-state index is 5.98. The van der Waals surface area contributed by atoms with E-state index in [1.807, 2.05) is 19.9 Å². The summed E-state index contributed by atoms with van der Waals surface area (Å²) in [4.78, 5) is 4.06. The lowest BCUT2D eigenvalue weighted by Gasteiger charge is -2.16. The zero-order valence-corrected chi connectivity index (χ0v) is 9.38. The maximum atomic E-state index is 5.98. The summed E-state index contributed by atoms with van der Waals surface area (Å²) in [6.07, 6.45) is 0. The second-order valence-electron chi connectivity index (χ2n) is 3.50. The van der Waals surface area contributed by atoms with E-state index in [9.17, 15) is 0 Å². The van der Waals surface area contributed by atoms with Gasteiger partial charge in [0.25, 0.3) is 0 Å². The van der Waals surface area contributed by atoms with E-state index in [-0.39, 0.29) is 6.04 Å². The summed E-state index contributed by atoms with van der Waals surface area (Å²) >= 11 is 5.98. The standard InChI is InChI=1S/C10H15ClN2O/c1-6(2)9(12)7-4-5-8(14-3)13-10(7)11/h4-6,9H,12H2,1-3H3/t9-/m1/s1. The highest BCUT2D eigenvalue weighted by atomic mass is 35.5. The van der Waals surface area contributed by atoms with Gasteiger partial charge in [0, 0.05) is 17.7 Å². The molecule has 1 heterocycles. The largest absolute Gasteiger partial charge is 0.481 e. The van der Waals surface area contributed by atoms with E-state index in [1.54, 1.807) is 13.2 Å². The van der Waals surface area contributed by atoms with E-state index in [1.165, 1.54) is 0 Å². The van der Waals surface area contributed by atoms with Gasteiger partial charge in [-0.15, -0.1) is 0 Å². The molecule has 1 rings (SSSR count). The molecular weight excluding hydrogens is 200 g/mol. The first-order chi connectivity index (χ1) is 6.56. The van der Waals surface area contributed by atoms with Crippen molar-refractivity contribution in [1.82, 2.24) is 4.98 Å². The molecule has 0 spiro atoms. The van der Waals surface area contributed by atoms with Crippen LogP contribution in [0, 0.1) is 5.92 Å². The number of hydrogen-bond donors (Lipinski definition) is 1. The Balaban J connectivity index is 2.99. The minimum atomic E-state index is -0.0825. The number of nitrogens with zero attached hydrogens (tertiary/aromatic N) is 1. The van der Waals surface area contributed by atoms with E-state index in [4.69, 9.17) is 22.1 Å². The molecule has 0 aliphatic carbocycles. The van der Waals surface area contributed by atoms with Crippen molar-refractivity contribution in [2.75, 3.05) is 7.11 Å². The summed E-state index contributed by atoms with van der Waals surface area (Å²) in [6, 6.07) is 3.54. The molecule has 0 aliphatic rings. The molecule has 0 saturated carbocycles. The summed E-state index contributed by atoms with van der Waals surface area (Å²) < 4.78 is 4.95. The summed E-state index contributed by atoms with van der Waals surface area (Å²) in [6.45, 7) is 4.09. The normalized spacial score (nSPS) is 13.0. The van der Waals surface area contributed by atoms with E-state index < -0.39 is 0 Å². The third-order valence-electron chi connectivity index (χ3n) is 2.14. The van der Waals surface area contributed by atoms with Crippen molar-refractivity contribution in [3.05, 3.63) is 22.8 Å². The van der Waals surface area contributed by atoms with Gasteiger partial charge < -0.3 is 10.5 Å². The molecule has 3 nitrogen and oxygen atoms in total. The van der Waals surface area contributed by atoms with Gasteiger partial charge in [0.1, 0.15) is 5.15 Å². The molecule has 0 unspecified atom stereocenters. The molecule has 0 aliphatic heterocycles. The van der Waals surface area contributed by atoms with Crippen LogP contribution in [0.2, 0.25) is 5.15 Å². The van der Waals surface area contributed by atoms with Gasteiger partial charge in [-0.2, -0.15) is 0 Å². The van der Waals surface area contributed by atoms with Gasteiger partial charge in [0.15, 0.2) is 0 Å². The van der Waals surface area contributed by atoms with Gasteiger partial charge in [-0.1, -0.05) is 25.4 Å². The number of rotatable bonds is 3. The second-order valence-corrected chi connectivity index (χ2v) is 3.86. The Morgan fingerprint density at radius 3 is 2.50 bits per heavy atom. The van der Waals surface area contributed by atoms with Crippen molar-refractivity contribution in [2.45, 2.75) is 19.9 Å². The number of halogens is 1. The zero-order valence-electron chi connectivity index (χ0n) is 8.62. The predicted octanol–water partition coefficient (Wildman–Crippen LogP) is 2.40. The summed E-state index contributed by atoms with van der Waals surface area (Å²) in [7, 11) is 1.56. The minimum absolute atomic E-state index is 0.0825. The first-order valence-corrected chi connectivity index (χ1v) is 4.90. The third-order valence-corrected chi connectivity index (χ3v) is 2.44. The first-order valence-electron chi connectivity index (χ1n) is 4.52. The quantitative estimate of drug-likeness (QED) is 0.787. The lowest BCUT2D eigenvalue weighted by molar-refractivity contribution is 0.397. The lowest BCUT2D eigenvalue weighted by atomic mass is 9.99. The van der Waals surface area contributed by atoms with Gasteiger partial charge in [-0.3, -0.25) is 0 Å². The molecule has 2 N–H and O–H groups in total. The lowest BCUT2D eigenvalue weighted by Crippen LogP contribution is -2.17. The number of aromatic nitrogens is 1. The van der Waals surface area contributed by atoms with Gasteiger partial charge in [0.2, 0.25) is 5.88 Å². The predicted molar refractivity (Wildman–Crippen MR) is 57.6 cm³/mol. The number of pyridine rings is 1. The Kier molecular flexibility index (Phi) is 3.72. The zero-order chi connectivity index (χ0) is 10.7. The van der Waals surface area contributed by atoms with E-state index in [0.717, 1.165) is 5.56 Å². The first kappa shape index (κ1) is 11.3. The fraction of sp³-hybridized carbons (Fsp3) is 0.500. The molecule has 0 bridgehead atoms. The Hall–Kier alpha value is -0.800. The SMILES string of the molecule is COc1ccc([C@H](N)C(C)C)c(Cl)n1. The molecule has 0 aromatic carbocycles. The number of ether oxygens (including phenoxy) is 1. The van der Waals surface area contributed by atoms with Crippen LogP contribution < -0.4 is 10.5 Å². The van der Waals surface area contributed by atoms with Crippen LogP contribution in [-0.4, -0.2) is 12.1 Å².